The minimum Gasteiger partial charge on any atom is -0.493 e. The van der Waals surface area contributed by atoms with Gasteiger partial charge in [0.25, 0.3) is 0 Å². The maximum Gasteiger partial charge on any atom is 0.127 e. The average molecular weight is 338 g/mol. The number of halogens is 1. The molecule has 0 amide bonds. The highest BCUT2D eigenvalue weighted by Gasteiger charge is 2.40. The van der Waals surface area contributed by atoms with Gasteiger partial charge >= 0.3 is 0 Å². The molecule has 1 aromatic carbocycles. The summed E-state index contributed by atoms with van der Waals surface area (Å²) in [6.07, 6.45) is 5.28. The van der Waals surface area contributed by atoms with Gasteiger partial charge in [-0.2, -0.15) is 0 Å². The Morgan fingerprint density at radius 1 is 1.25 bits per heavy atom. The number of hydrogen-bond donors (Lipinski definition) is 1. The topological polar surface area (TPSA) is 32.7 Å². The number of piperidine rings is 1. The van der Waals surface area contributed by atoms with Gasteiger partial charge in [-0.05, 0) is 43.4 Å². The molecule has 3 heterocycles. The van der Waals surface area contributed by atoms with Crippen molar-refractivity contribution in [3.05, 3.63) is 27.7 Å². The van der Waals surface area contributed by atoms with Gasteiger partial charge < -0.3 is 9.84 Å². The molecule has 3 aliphatic heterocycles. The Hall–Kier alpha value is -0.580. The molecule has 3 aliphatic rings. The van der Waals surface area contributed by atoms with E-state index in [1.54, 1.807) is 0 Å². The van der Waals surface area contributed by atoms with E-state index in [-0.39, 0.29) is 6.10 Å². The molecule has 0 spiro atoms. The standard InChI is InChI=1S/C16H20BrNO2/c17-12-5-10-3-4-20-16(10)11(6-12)9-18-13-1-2-14(18)8-15(19)7-13/h5-6,13-15,19H,1-4,7-9H2. The van der Waals surface area contributed by atoms with Crippen molar-refractivity contribution in [3.8, 4) is 5.75 Å². The van der Waals surface area contributed by atoms with Crippen molar-refractivity contribution < 1.29 is 9.84 Å². The Morgan fingerprint density at radius 2 is 2.00 bits per heavy atom. The third-order valence-corrected chi connectivity index (χ3v) is 5.50. The summed E-state index contributed by atoms with van der Waals surface area (Å²) in [6.45, 7) is 1.77. The van der Waals surface area contributed by atoms with E-state index in [1.807, 2.05) is 0 Å². The van der Waals surface area contributed by atoms with E-state index in [9.17, 15) is 5.11 Å². The number of aliphatic hydroxyl groups excluding tert-OH is 1. The van der Waals surface area contributed by atoms with Crippen LogP contribution in [0.15, 0.2) is 16.6 Å². The summed E-state index contributed by atoms with van der Waals surface area (Å²) < 4.78 is 7.00. The lowest BCUT2D eigenvalue weighted by atomic mass is 9.98. The lowest BCUT2D eigenvalue weighted by Crippen LogP contribution is -2.44. The number of hydrogen-bond acceptors (Lipinski definition) is 3. The van der Waals surface area contributed by atoms with E-state index in [0.29, 0.717) is 12.1 Å². The van der Waals surface area contributed by atoms with E-state index in [0.717, 1.165) is 42.6 Å². The Morgan fingerprint density at radius 3 is 2.75 bits per heavy atom. The largest absolute Gasteiger partial charge is 0.493 e. The molecule has 2 saturated heterocycles. The highest BCUT2D eigenvalue weighted by molar-refractivity contribution is 9.10. The van der Waals surface area contributed by atoms with Crippen molar-refractivity contribution in [3.63, 3.8) is 0 Å². The van der Waals surface area contributed by atoms with Crippen LogP contribution in [0.1, 0.15) is 36.8 Å². The first-order valence-corrected chi connectivity index (χ1v) is 8.38. The van der Waals surface area contributed by atoms with E-state index in [1.165, 1.54) is 24.0 Å². The number of ether oxygens (including phenoxy) is 1. The summed E-state index contributed by atoms with van der Waals surface area (Å²) in [7, 11) is 0. The Kier molecular flexibility index (Phi) is 3.28. The van der Waals surface area contributed by atoms with E-state index in [2.05, 4.69) is 33.0 Å². The van der Waals surface area contributed by atoms with Crippen molar-refractivity contribution >= 4 is 15.9 Å². The predicted molar refractivity (Wildman–Crippen MR) is 80.9 cm³/mol. The summed E-state index contributed by atoms with van der Waals surface area (Å²) in [5, 5.41) is 9.91. The van der Waals surface area contributed by atoms with Crippen LogP contribution in [0.25, 0.3) is 0 Å². The minimum atomic E-state index is -0.0896. The van der Waals surface area contributed by atoms with E-state index in [4.69, 9.17) is 4.74 Å². The number of nitrogens with zero attached hydrogens (tertiary/aromatic N) is 1. The maximum absolute atomic E-state index is 9.91. The normalized spacial score (nSPS) is 32.2. The van der Waals surface area contributed by atoms with Crippen molar-refractivity contribution in [2.75, 3.05) is 6.61 Å². The van der Waals surface area contributed by atoms with Gasteiger partial charge in [-0.15, -0.1) is 0 Å². The number of fused-ring (bicyclic) bond motifs is 3. The number of benzene rings is 1. The van der Waals surface area contributed by atoms with Crippen molar-refractivity contribution in [2.24, 2.45) is 0 Å². The van der Waals surface area contributed by atoms with Gasteiger partial charge in [0.15, 0.2) is 0 Å². The smallest absolute Gasteiger partial charge is 0.127 e. The second-order valence-corrected chi connectivity index (χ2v) is 7.25. The van der Waals surface area contributed by atoms with Crippen LogP contribution in [0, 0.1) is 0 Å². The van der Waals surface area contributed by atoms with E-state index >= 15 is 0 Å². The van der Waals surface area contributed by atoms with E-state index < -0.39 is 0 Å². The lowest BCUT2D eigenvalue weighted by Gasteiger charge is -2.37. The van der Waals surface area contributed by atoms with Gasteiger partial charge in [0.1, 0.15) is 5.75 Å². The third-order valence-electron chi connectivity index (χ3n) is 5.04. The molecule has 2 atom stereocenters. The van der Waals surface area contributed by atoms with Crippen LogP contribution >= 0.6 is 15.9 Å². The van der Waals surface area contributed by atoms with Crippen molar-refractivity contribution in [2.45, 2.75) is 56.8 Å². The minimum absolute atomic E-state index is 0.0896. The molecule has 0 aromatic heterocycles. The molecular weight excluding hydrogens is 318 g/mol. The molecule has 3 nitrogen and oxygen atoms in total. The van der Waals surface area contributed by atoms with Crippen LogP contribution in [0.3, 0.4) is 0 Å². The zero-order valence-corrected chi connectivity index (χ0v) is 13.1. The fourth-order valence-electron chi connectivity index (χ4n) is 4.16. The highest BCUT2D eigenvalue weighted by Crippen LogP contribution is 2.40. The van der Waals surface area contributed by atoms with Crippen LogP contribution in [0.4, 0.5) is 0 Å². The first kappa shape index (κ1) is 13.1. The van der Waals surface area contributed by atoms with Crippen LogP contribution < -0.4 is 4.74 Å². The monoisotopic (exact) mass is 337 g/mol. The lowest BCUT2D eigenvalue weighted by molar-refractivity contribution is 0.0307. The SMILES string of the molecule is OC1CC2CCC(C1)N2Cc1cc(Br)cc2c1OCC2. The molecular formula is C16H20BrNO2. The molecule has 1 N–H and O–H groups in total. The fraction of sp³-hybridized carbons (Fsp3) is 0.625. The third kappa shape index (κ3) is 2.18. The molecule has 1 aromatic rings. The van der Waals surface area contributed by atoms with Crippen LogP contribution in [0.5, 0.6) is 5.75 Å². The molecule has 20 heavy (non-hydrogen) atoms. The van der Waals surface area contributed by atoms with Crippen molar-refractivity contribution in [1.29, 1.82) is 0 Å². The molecule has 2 fully saturated rings. The van der Waals surface area contributed by atoms with Crippen LogP contribution in [-0.4, -0.2) is 34.8 Å². The summed E-state index contributed by atoms with van der Waals surface area (Å²) in [6, 6.07) is 5.49. The van der Waals surface area contributed by atoms with Crippen LogP contribution in [-0.2, 0) is 13.0 Å². The summed E-state index contributed by atoms with van der Waals surface area (Å²) in [4.78, 5) is 2.59. The molecule has 2 unspecified atom stereocenters. The zero-order valence-electron chi connectivity index (χ0n) is 11.5. The Labute approximate surface area is 128 Å². The molecule has 2 bridgehead atoms. The second kappa shape index (κ2) is 5.00. The molecule has 4 rings (SSSR count). The summed E-state index contributed by atoms with van der Waals surface area (Å²) in [5.41, 5.74) is 2.64. The quantitative estimate of drug-likeness (QED) is 0.900. The molecule has 0 saturated carbocycles. The molecule has 4 heteroatoms. The first-order valence-electron chi connectivity index (χ1n) is 7.58. The van der Waals surface area contributed by atoms with Crippen LogP contribution in [0.2, 0.25) is 0 Å². The number of rotatable bonds is 2. The summed E-state index contributed by atoms with van der Waals surface area (Å²) >= 11 is 3.62. The molecule has 108 valence electrons. The van der Waals surface area contributed by atoms with Gasteiger partial charge in [0.05, 0.1) is 12.7 Å². The van der Waals surface area contributed by atoms with Crippen molar-refractivity contribution in [1.82, 2.24) is 4.90 Å². The Bertz CT molecular complexity index is 519. The maximum atomic E-state index is 9.91. The predicted octanol–water partition coefficient (Wildman–Crippen LogP) is 2.87. The van der Waals surface area contributed by atoms with Gasteiger partial charge in [-0.3, -0.25) is 4.90 Å². The second-order valence-electron chi connectivity index (χ2n) is 6.33. The Balaban J connectivity index is 1.61. The zero-order chi connectivity index (χ0) is 13.7. The van der Waals surface area contributed by atoms with Gasteiger partial charge in [-0.25, -0.2) is 0 Å². The molecule has 0 radical (unpaired) electrons. The van der Waals surface area contributed by atoms with Gasteiger partial charge in [0.2, 0.25) is 0 Å². The fourth-order valence-corrected chi connectivity index (χ4v) is 4.72. The van der Waals surface area contributed by atoms with Gasteiger partial charge in [-0.1, -0.05) is 15.9 Å². The molecule has 0 aliphatic carbocycles. The number of aliphatic hydroxyl groups is 1. The van der Waals surface area contributed by atoms with Gasteiger partial charge in [0, 0.05) is 35.1 Å². The average Bonchev–Trinajstić information content (AvgIpc) is 2.94. The first-order chi connectivity index (χ1) is 9.70. The highest BCUT2D eigenvalue weighted by atomic mass is 79.9. The summed E-state index contributed by atoms with van der Waals surface area (Å²) in [5.74, 6) is 1.11.